The second-order valence-electron chi connectivity index (χ2n) is 7.04. The van der Waals surface area contributed by atoms with Gasteiger partial charge in [-0.1, -0.05) is 18.2 Å². The molecule has 26 heavy (non-hydrogen) atoms. The Balaban J connectivity index is 1.39. The van der Waals surface area contributed by atoms with Gasteiger partial charge in [0.1, 0.15) is 18.0 Å². The highest BCUT2D eigenvalue weighted by Crippen LogP contribution is 2.27. The summed E-state index contributed by atoms with van der Waals surface area (Å²) in [5, 5.41) is 3.47. The highest BCUT2D eigenvalue weighted by atomic mass is 19.1. The summed E-state index contributed by atoms with van der Waals surface area (Å²) in [4.78, 5) is 23.3. The van der Waals surface area contributed by atoms with Gasteiger partial charge in [-0.3, -0.25) is 4.79 Å². The minimum Gasteiger partial charge on any atom is -0.367 e. The van der Waals surface area contributed by atoms with Gasteiger partial charge in [0.25, 0.3) is 0 Å². The molecule has 1 amide bonds. The zero-order valence-corrected chi connectivity index (χ0v) is 14.7. The molecule has 5 nitrogen and oxygen atoms in total. The fourth-order valence-electron chi connectivity index (χ4n) is 3.42. The molecule has 0 spiro atoms. The highest BCUT2D eigenvalue weighted by molar-refractivity contribution is 5.76. The monoisotopic (exact) mass is 354 g/mol. The Morgan fingerprint density at radius 3 is 2.81 bits per heavy atom. The van der Waals surface area contributed by atoms with Gasteiger partial charge >= 0.3 is 0 Å². The van der Waals surface area contributed by atoms with E-state index in [0.29, 0.717) is 37.5 Å². The van der Waals surface area contributed by atoms with Crippen molar-refractivity contribution in [2.75, 3.05) is 18.4 Å². The lowest BCUT2D eigenvalue weighted by Crippen LogP contribution is -2.33. The smallest absolute Gasteiger partial charge is 0.222 e. The van der Waals surface area contributed by atoms with Gasteiger partial charge in [-0.15, -0.1) is 0 Å². The van der Waals surface area contributed by atoms with Crippen molar-refractivity contribution in [1.82, 2.24) is 14.9 Å². The van der Waals surface area contributed by atoms with Crippen molar-refractivity contribution >= 4 is 11.7 Å². The molecular weight excluding hydrogens is 331 g/mol. The molecule has 0 unspecified atom stereocenters. The summed E-state index contributed by atoms with van der Waals surface area (Å²) in [6.45, 7) is 1.32. The number of nitrogens with one attached hydrogen (secondary N) is 1. The molecular formula is C20H23FN4O. The number of benzene rings is 1. The van der Waals surface area contributed by atoms with Gasteiger partial charge in [0, 0.05) is 37.5 Å². The Labute approximate surface area is 152 Å². The summed E-state index contributed by atoms with van der Waals surface area (Å²) in [6, 6.07) is 7.19. The van der Waals surface area contributed by atoms with Crippen LogP contribution in [0.15, 0.2) is 30.6 Å². The van der Waals surface area contributed by atoms with Gasteiger partial charge in [0.15, 0.2) is 0 Å². The first kappa shape index (κ1) is 16.9. The standard InChI is InChI=1S/C20H23FN4O/c21-17-4-2-1-3-14(17)5-8-19(26)25-11-9-16-18(10-12-25)22-13-23-20(16)24-15-6-7-15/h1-4,13,15H,5-12H2,(H,22,23,24). The predicted molar refractivity (Wildman–Crippen MR) is 97.4 cm³/mol. The number of rotatable bonds is 5. The maximum Gasteiger partial charge on any atom is 0.222 e. The Hall–Kier alpha value is -2.50. The second-order valence-corrected chi connectivity index (χ2v) is 7.04. The van der Waals surface area contributed by atoms with Crippen molar-refractivity contribution in [3.63, 3.8) is 0 Å². The first-order valence-corrected chi connectivity index (χ1v) is 9.31. The quantitative estimate of drug-likeness (QED) is 0.897. The van der Waals surface area contributed by atoms with Crippen LogP contribution in [0, 0.1) is 5.82 Å². The van der Waals surface area contributed by atoms with Crippen LogP contribution in [-0.4, -0.2) is 39.9 Å². The van der Waals surface area contributed by atoms with E-state index >= 15 is 0 Å². The Morgan fingerprint density at radius 2 is 2.00 bits per heavy atom. The van der Waals surface area contributed by atoms with Gasteiger partial charge < -0.3 is 10.2 Å². The number of hydrogen-bond acceptors (Lipinski definition) is 4. The number of hydrogen-bond donors (Lipinski definition) is 1. The van der Waals surface area contributed by atoms with E-state index in [1.165, 1.54) is 18.9 Å². The summed E-state index contributed by atoms with van der Waals surface area (Å²) in [5.74, 6) is 0.763. The van der Waals surface area contributed by atoms with Crippen LogP contribution in [0.5, 0.6) is 0 Å². The molecule has 1 fully saturated rings. The average Bonchev–Trinajstić information content (AvgIpc) is 3.47. The van der Waals surface area contributed by atoms with E-state index in [1.807, 2.05) is 4.90 Å². The van der Waals surface area contributed by atoms with E-state index in [-0.39, 0.29) is 11.7 Å². The Bertz CT molecular complexity index is 806. The third-order valence-corrected chi connectivity index (χ3v) is 5.12. The van der Waals surface area contributed by atoms with E-state index in [4.69, 9.17) is 0 Å². The number of aromatic nitrogens is 2. The van der Waals surface area contributed by atoms with Crippen molar-refractivity contribution in [3.05, 3.63) is 53.2 Å². The van der Waals surface area contributed by atoms with Crippen LogP contribution >= 0.6 is 0 Å². The van der Waals surface area contributed by atoms with Crippen LogP contribution < -0.4 is 5.32 Å². The van der Waals surface area contributed by atoms with E-state index < -0.39 is 0 Å². The third kappa shape index (κ3) is 3.84. The van der Waals surface area contributed by atoms with E-state index in [1.54, 1.807) is 24.5 Å². The maximum atomic E-state index is 13.7. The molecule has 0 radical (unpaired) electrons. The number of carbonyl (C=O) groups is 1. The molecule has 0 bridgehead atoms. The number of aryl methyl sites for hydroxylation is 1. The van der Waals surface area contributed by atoms with E-state index in [2.05, 4.69) is 15.3 Å². The number of halogens is 1. The molecule has 0 saturated heterocycles. The molecule has 6 heteroatoms. The summed E-state index contributed by atoms with van der Waals surface area (Å²) >= 11 is 0. The lowest BCUT2D eigenvalue weighted by Gasteiger charge is -2.20. The first-order chi connectivity index (χ1) is 12.7. The van der Waals surface area contributed by atoms with Crippen LogP contribution in [0.3, 0.4) is 0 Å². The summed E-state index contributed by atoms with van der Waals surface area (Å²) in [6.07, 6.45) is 6.26. The zero-order chi connectivity index (χ0) is 17.9. The molecule has 1 aliphatic heterocycles. The number of amides is 1. The molecule has 2 aliphatic rings. The molecule has 1 N–H and O–H groups in total. The maximum absolute atomic E-state index is 13.7. The van der Waals surface area contributed by atoms with Gasteiger partial charge in [0.05, 0.1) is 5.69 Å². The fourth-order valence-corrected chi connectivity index (χ4v) is 3.42. The number of fused-ring (bicyclic) bond motifs is 1. The average molecular weight is 354 g/mol. The summed E-state index contributed by atoms with van der Waals surface area (Å²) in [7, 11) is 0. The second kappa shape index (κ2) is 7.40. The van der Waals surface area contributed by atoms with E-state index in [9.17, 15) is 9.18 Å². The number of anilines is 1. The zero-order valence-electron chi connectivity index (χ0n) is 14.7. The Morgan fingerprint density at radius 1 is 1.19 bits per heavy atom. The minimum atomic E-state index is -0.241. The molecule has 1 aromatic heterocycles. The van der Waals surface area contributed by atoms with Crippen LogP contribution in [0.25, 0.3) is 0 Å². The van der Waals surface area contributed by atoms with Crippen LogP contribution in [0.2, 0.25) is 0 Å². The first-order valence-electron chi connectivity index (χ1n) is 9.31. The summed E-state index contributed by atoms with van der Waals surface area (Å²) in [5.41, 5.74) is 2.78. The minimum absolute atomic E-state index is 0.0747. The van der Waals surface area contributed by atoms with E-state index in [0.717, 1.165) is 29.9 Å². The largest absolute Gasteiger partial charge is 0.367 e. The number of nitrogens with zero attached hydrogens (tertiary/aromatic N) is 3. The van der Waals surface area contributed by atoms with Crippen molar-refractivity contribution in [2.45, 2.75) is 44.6 Å². The molecule has 0 atom stereocenters. The number of carbonyl (C=O) groups excluding carboxylic acids is 1. The van der Waals surface area contributed by atoms with Crippen molar-refractivity contribution in [3.8, 4) is 0 Å². The third-order valence-electron chi connectivity index (χ3n) is 5.12. The summed E-state index contributed by atoms with van der Waals surface area (Å²) < 4.78 is 13.7. The van der Waals surface area contributed by atoms with Crippen molar-refractivity contribution in [2.24, 2.45) is 0 Å². The van der Waals surface area contributed by atoms with Crippen LogP contribution in [-0.2, 0) is 24.1 Å². The topological polar surface area (TPSA) is 58.1 Å². The molecule has 136 valence electrons. The lowest BCUT2D eigenvalue weighted by atomic mass is 10.1. The normalized spacial score (nSPS) is 16.7. The van der Waals surface area contributed by atoms with Crippen LogP contribution in [0.1, 0.15) is 36.1 Å². The van der Waals surface area contributed by atoms with Crippen molar-refractivity contribution in [1.29, 1.82) is 0 Å². The molecule has 2 heterocycles. The Kier molecular flexibility index (Phi) is 4.82. The SMILES string of the molecule is O=C(CCc1ccccc1F)N1CCc2ncnc(NC3CC3)c2CC1. The van der Waals surface area contributed by atoms with Crippen molar-refractivity contribution < 1.29 is 9.18 Å². The van der Waals surface area contributed by atoms with Crippen LogP contribution in [0.4, 0.5) is 10.2 Å². The molecule has 2 aromatic rings. The van der Waals surface area contributed by atoms with Gasteiger partial charge in [-0.2, -0.15) is 0 Å². The highest BCUT2D eigenvalue weighted by Gasteiger charge is 2.26. The van der Waals surface area contributed by atoms with Gasteiger partial charge in [0.2, 0.25) is 5.91 Å². The van der Waals surface area contributed by atoms with Gasteiger partial charge in [-0.05, 0) is 37.3 Å². The molecule has 1 aromatic carbocycles. The fraction of sp³-hybridized carbons (Fsp3) is 0.450. The molecule has 1 saturated carbocycles. The van der Waals surface area contributed by atoms with Gasteiger partial charge in [-0.25, -0.2) is 14.4 Å². The lowest BCUT2D eigenvalue weighted by molar-refractivity contribution is -0.131. The molecule has 1 aliphatic carbocycles. The molecule has 4 rings (SSSR count). The predicted octanol–water partition coefficient (Wildman–Crippen LogP) is 2.75.